The van der Waals surface area contributed by atoms with Crippen LogP contribution in [0.25, 0.3) is 0 Å². The first-order valence-electron chi connectivity index (χ1n) is 4.73. The number of hydrogen-bond acceptors (Lipinski definition) is 5. The zero-order chi connectivity index (χ0) is 12.3. The van der Waals surface area contributed by atoms with Crippen molar-refractivity contribution in [1.82, 2.24) is 15.3 Å². The van der Waals surface area contributed by atoms with Crippen LogP contribution in [0.3, 0.4) is 0 Å². The normalized spacial score (nSPS) is 12.0. The topological polar surface area (TPSA) is 92.9 Å². The molecule has 6 nitrogen and oxygen atoms in total. The molecule has 0 saturated carbocycles. The van der Waals surface area contributed by atoms with Crippen molar-refractivity contribution < 1.29 is 4.79 Å². The lowest BCUT2D eigenvalue weighted by molar-refractivity contribution is -0.121. The van der Waals surface area contributed by atoms with Gasteiger partial charge in [-0.15, -0.1) is 0 Å². The van der Waals surface area contributed by atoms with Gasteiger partial charge in [0.05, 0.1) is 11.4 Å². The van der Waals surface area contributed by atoms with Crippen LogP contribution in [-0.4, -0.2) is 29.0 Å². The molecule has 1 heterocycles. The Kier molecular flexibility index (Phi) is 3.89. The van der Waals surface area contributed by atoms with Gasteiger partial charge < -0.3 is 16.4 Å². The largest absolute Gasteiger partial charge is 0.394 e. The van der Waals surface area contributed by atoms with Crippen molar-refractivity contribution in [3.63, 3.8) is 0 Å². The fourth-order valence-electron chi connectivity index (χ4n) is 1.14. The van der Waals surface area contributed by atoms with E-state index in [1.54, 1.807) is 20.9 Å². The van der Waals surface area contributed by atoms with Gasteiger partial charge in [0, 0.05) is 7.05 Å². The first-order chi connectivity index (χ1) is 7.45. The van der Waals surface area contributed by atoms with Crippen LogP contribution in [0, 0.1) is 6.92 Å². The lowest BCUT2D eigenvalue weighted by Crippen LogP contribution is -2.35. The van der Waals surface area contributed by atoms with Crippen molar-refractivity contribution in [3.8, 4) is 0 Å². The molecule has 4 N–H and O–H groups in total. The van der Waals surface area contributed by atoms with E-state index in [4.69, 9.17) is 17.3 Å². The Bertz CT molecular complexity index is 409. The number of halogens is 1. The maximum atomic E-state index is 11.3. The molecule has 1 amide bonds. The van der Waals surface area contributed by atoms with Gasteiger partial charge in [0.1, 0.15) is 6.04 Å². The zero-order valence-corrected chi connectivity index (χ0v) is 10.1. The highest BCUT2D eigenvalue weighted by Crippen LogP contribution is 2.21. The number of nitrogen functional groups attached to an aromatic ring is 1. The molecule has 0 aliphatic heterocycles. The van der Waals surface area contributed by atoms with E-state index in [9.17, 15) is 4.79 Å². The van der Waals surface area contributed by atoms with Crippen LogP contribution in [-0.2, 0) is 4.79 Å². The van der Waals surface area contributed by atoms with Gasteiger partial charge in [0.25, 0.3) is 0 Å². The summed E-state index contributed by atoms with van der Waals surface area (Å²) in [5, 5.41) is 5.48. The average molecular weight is 244 g/mol. The third-order valence-corrected chi connectivity index (χ3v) is 2.27. The van der Waals surface area contributed by atoms with E-state index in [2.05, 4.69) is 20.6 Å². The lowest BCUT2D eigenvalue weighted by Gasteiger charge is -2.15. The highest BCUT2D eigenvalue weighted by atomic mass is 35.5. The van der Waals surface area contributed by atoms with Gasteiger partial charge in [-0.25, -0.2) is 4.98 Å². The summed E-state index contributed by atoms with van der Waals surface area (Å²) in [7, 11) is 1.56. The van der Waals surface area contributed by atoms with Crippen LogP contribution in [0.5, 0.6) is 0 Å². The number of anilines is 2. The number of aromatic nitrogens is 2. The van der Waals surface area contributed by atoms with Crippen molar-refractivity contribution >= 4 is 29.0 Å². The van der Waals surface area contributed by atoms with Gasteiger partial charge in [0.15, 0.2) is 5.82 Å². The number of carbonyl (C=O) groups is 1. The number of nitrogens with two attached hydrogens (primary N) is 1. The SMILES string of the molecule is CNC(=O)C(C)Nc1nc(Cl)nc(C)c1N. The van der Waals surface area contributed by atoms with Gasteiger partial charge in [-0.3, -0.25) is 4.79 Å². The van der Waals surface area contributed by atoms with Crippen LogP contribution in [0.4, 0.5) is 11.5 Å². The molecular weight excluding hydrogens is 230 g/mol. The summed E-state index contributed by atoms with van der Waals surface area (Å²) < 4.78 is 0. The molecule has 0 spiro atoms. The van der Waals surface area contributed by atoms with Gasteiger partial charge in [-0.2, -0.15) is 4.98 Å². The maximum absolute atomic E-state index is 11.3. The predicted molar refractivity (Wildman–Crippen MR) is 63.3 cm³/mol. The van der Waals surface area contributed by atoms with Crippen molar-refractivity contribution in [1.29, 1.82) is 0 Å². The molecule has 0 aromatic carbocycles. The lowest BCUT2D eigenvalue weighted by atomic mass is 10.3. The number of likely N-dealkylation sites (N-methyl/N-ethyl adjacent to an activating group) is 1. The Balaban J connectivity index is 2.93. The molecule has 16 heavy (non-hydrogen) atoms. The zero-order valence-electron chi connectivity index (χ0n) is 9.34. The van der Waals surface area contributed by atoms with E-state index < -0.39 is 6.04 Å². The minimum atomic E-state index is -0.447. The van der Waals surface area contributed by atoms with Gasteiger partial charge >= 0.3 is 0 Å². The number of amides is 1. The second-order valence-corrected chi connectivity index (χ2v) is 3.66. The highest BCUT2D eigenvalue weighted by molar-refractivity contribution is 6.28. The van der Waals surface area contributed by atoms with Gasteiger partial charge in [0.2, 0.25) is 11.2 Å². The van der Waals surface area contributed by atoms with Gasteiger partial charge in [-0.1, -0.05) is 0 Å². The minimum absolute atomic E-state index is 0.0957. The predicted octanol–water partition coefficient (Wildman–Crippen LogP) is 0.567. The van der Waals surface area contributed by atoms with Crippen molar-refractivity contribution in [3.05, 3.63) is 11.0 Å². The Morgan fingerprint density at radius 1 is 1.50 bits per heavy atom. The fraction of sp³-hybridized carbons (Fsp3) is 0.444. The van der Waals surface area contributed by atoms with Crippen molar-refractivity contribution in [2.45, 2.75) is 19.9 Å². The number of hydrogen-bond donors (Lipinski definition) is 3. The van der Waals surface area contributed by atoms with Crippen molar-refractivity contribution in [2.24, 2.45) is 0 Å². The standard InChI is InChI=1S/C9H14ClN5O/c1-4-6(11)7(15-9(10)14-4)13-5(2)8(16)12-3/h5H,11H2,1-3H3,(H,12,16)(H,13,14,15). The first-order valence-corrected chi connectivity index (χ1v) is 5.11. The first kappa shape index (κ1) is 12.5. The molecule has 88 valence electrons. The molecule has 1 rings (SSSR count). The summed E-state index contributed by atoms with van der Waals surface area (Å²) in [5.41, 5.74) is 6.73. The number of nitrogens with one attached hydrogen (secondary N) is 2. The third kappa shape index (κ3) is 2.73. The molecule has 1 unspecified atom stereocenters. The third-order valence-electron chi connectivity index (χ3n) is 2.10. The Morgan fingerprint density at radius 2 is 2.12 bits per heavy atom. The summed E-state index contributed by atoms with van der Waals surface area (Å²) in [6.45, 7) is 3.42. The number of nitrogens with zero attached hydrogens (tertiary/aromatic N) is 2. The van der Waals surface area contributed by atoms with Crippen LogP contribution in [0.1, 0.15) is 12.6 Å². The van der Waals surface area contributed by atoms with Crippen LogP contribution >= 0.6 is 11.6 Å². The summed E-state index contributed by atoms with van der Waals surface area (Å²) in [5.74, 6) is 0.209. The van der Waals surface area contributed by atoms with E-state index in [1.807, 2.05) is 0 Å². The molecule has 0 bridgehead atoms. The molecule has 0 radical (unpaired) electrons. The molecule has 1 aromatic heterocycles. The number of rotatable bonds is 3. The molecule has 0 saturated heterocycles. The molecule has 0 aliphatic carbocycles. The van der Waals surface area contributed by atoms with Crippen molar-refractivity contribution in [2.75, 3.05) is 18.1 Å². The second-order valence-electron chi connectivity index (χ2n) is 3.32. The summed E-state index contributed by atoms with van der Waals surface area (Å²) >= 11 is 5.70. The van der Waals surface area contributed by atoms with E-state index in [0.717, 1.165) is 0 Å². The quantitative estimate of drug-likeness (QED) is 0.675. The van der Waals surface area contributed by atoms with E-state index >= 15 is 0 Å². The molecule has 0 aliphatic rings. The van der Waals surface area contributed by atoms with Crippen LogP contribution in [0.15, 0.2) is 0 Å². The van der Waals surface area contributed by atoms with E-state index in [0.29, 0.717) is 17.2 Å². The number of carbonyl (C=O) groups excluding carboxylic acids is 1. The molecule has 0 fully saturated rings. The van der Waals surface area contributed by atoms with E-state index in [1.165, 1.54) is 0 Å². The Hall–Kier alpha value is -1.56. The Morgan fingerprint density at radius 3 is 2.69 bits per heavy atom. The smallest absolute Gasteiger partial charge is 0.241 e. The summed E-state index contributed by atoms with van der Waals surface area (Å²) in [4.78, 5) is 19.1. The summed E-state index contributed by atoms with van der Waals surface area (Å²) in [6.07, 6.45) is 0. The summed E-state index contributed by atoms with van der Waals surface area (Å²) in [6, 6.07) is -0.447. The van der Waals surface area contributed by atoms with E-state index in [-0.39, 0.29) is 11.2 Å². The fourth-order valence-corrected chi connectivity index (χ4v) is 1.36. The minimum Gasteiger partial charge on any atom is -0.394 e. The average Bonchev–Trinajstić information content (AvgIpc) is 2.23. The van der Waals surface area contributed by atoms with Crippen LogP contribution in [0.2, 0.25) is 5.28 Å². The monoisotopic (exact) mass is 243 g/mol. The second kappa shape index (κ2) is 4.98. The molecule has 1 atom stereocenters. The maximum Gasteiger partial charge on any atom is 0.241 e. The Labute approximate surface area is 98.6 Å². The molecular formula is C9H14ClN5O. The highest BCUT2D eigenvalue weighted by Gasteiger charge is 2.14. The molecule has 1 aromatic rings. The van der Waals surface area contributed by atoms with Gasteiger partial charge in [-0.05, 0) is 25.4 Å². The number of aryl methyl sites for hydroxylation is 1. The molecule has 7 heteroatoms. The van der Waals surface area contributed by atoms with Crippen LogP contribution < -0.4 is 16.4 Å².